The summed E-state index contributed by atoms with van der Waals surface area (Å²) in [6.45, 7) is 8.47. The maximum atomic E-state index is 12.9. The smallest absolute Gasteiger partial charge is 0.185 e. The molecular formula is C28H41N3O. The number of allylic oxidation sites excluding steroid dienone is 1. The first-order valence-corrected chi connectivity index (χ1v) is 12.1. The van der Waals surface area contributed by atoms with Crippen molar-refractivity contribution in [3.8, 4) is 0 Å². The third kappa shape index (κ3) is 8.88. The molecule has 0 aromatic heterocycles. The van der Waals surface area contributed by atoms with E-state index in [1.54, 1.807) is 6.08 Å². The quantitative estimate of drug-likeness (QED) is 0.201. The Morgan fingerprint density at radius 2 is 1.62 bits per heavy atom. The van der Waals surface area contributed by atoms with Gasteiger partial charge in [-0.15, -0.1) is 0 Å². The van der Waals surface area contributed by atoms with E-state index in [9.17, 15) is 4.79 Å². The Balaban J connectivity index is 2.08. The third-order valence-electron chi connectivity index (χ3n) is 5.53. The van der Waals surface area contributed by atoms with Crippen LogP contribution in [-0.4, -0.2) is 51.0 Å². The number of para-hydroxylation sites is 1. The summed E-state index contributed by atoms with van der Waals surface area (Å²) in [5, 5.41) is 3.50. The number of nitrogens with zero attached hydrogens (tertiary/aromatic N) is 2. The number of hydrogen-bond acceptors (Lipinski definition) is 4. The van der Waals surface area contributed by atoms with Crippen LogP contribution in [0.2, 0.25) is 0 Å². The van der Waals surface area contributed by atoms with Crippen LogP contribution in [0.3, 0.4) is 0 Å². The largest absolute Gasteiger partial charge is 0.385 e. The van der Waals surface area contributed by atoms with Crippen LogP contribution in [0.1, 0.15) is 61.9 Å². The average Bonchev–Trinajstić information content (AvgIpc) is 2.81. The molecule has 0 bridgehead atoms. The summed E-state index contributed by atoms with van der Waals surface area (Å²) in [4.78, 5) is 17.5. The number of carbonyl (C=O) groups excluding carboxylic acids is 1. The fourth-order valence-corrected chi connectivity index (χ4v) is 3.61. The van der Waals surface area contributed by atoms with E-state index in [0.29, 0.717) is 0 Å². The molecular weight excluding hydrogens is 394 g/mol. The lowest BCUT2D eigenvalue weighted by Gasteiger charge is -2.25. The topological polar surface area (TPSA) is 35.6 Å². The summed E-state index contributed by atoms with van der Waals surface area (Å²) in [6.07, 6.45) is 9.37. The van der Waals surface area contributed by atoms with Gasteiger partial charge in [-0.3, -0.25) is 4.79 Å². The Hall–Kier alpha value is -2.59. The Morgan fingerprint density at radius 3 is 2.31 bits per heavy atom. The molecule has 0 radical (unpaired) electrons. The lowest BCUT2D eigenvalue weighted by Crippen LogP contribution is -2.25. The van der Waals surface area contributed by atoms with Crippen LogP contribution in [0.25, 0.3) is 6.08 Å². The van der Waals surface area contributed by atoms with Gasteiger partial charge in [0.2, 0.25) is 0 Å². The van der Waals surface area contributed by atoms with Crippen LogP contribution < -0.4 is 10.2 Å². The van der Waals surface area contributed by atoms with Gasteiger partial charge in [-0.2, -0.15) is 0 Å². The van der Waals surface area contributed by atoms with Crippen molar-refractivity contribution in [1.29, 1.82) is 0 Å². The van der Waals surface area contributed by atoms with Crippen LogP contribution in [-0.2, 0) is 0 Å². The van der Waals surface area contributed by atoms with Crippen LogP contribution in [0.4, 0.5) is 11.4 Å². The number of rotatable bonds is 15. The van der Waals surface area contributed by atoms with Gasteiger partial charge < -0.3 is 15.1 Å². The predicted molar refractivity (Wildman–Crippen MR) is 140 cm³/mol. The Kier molecular flexibility index (Phi) is 11.6. The Bertz CT molecular complexity index is 836. The lowest BCUT2D eigenvalue weighted by atomic mass is 10.1. The second-order valence-electron chi connectivity index (χ2n) is 8.61. The lowest BCUT2D eigenvalue weighted by molar-refractivity contribution is 0.104. The SMILES string of the molecule is CCCCN(CCCC)c1cccc(C(=O)/C=C/c2ccccc2NCCCN(C)C)c1. The molecule has 0 saturated carbocycles. The molecule has 0 aliphatic rings. The molecule has 4 heteroatoms. The molecule has 0 heterocycles. The molecule has 0 aliphatic heterocycles. The second kappa shape index (κ2) is 14.5. The van der Waals surface area contributed by atoms with Crippen LogP contribution in [0.15, 0.2) is 54.6 Å². The summed E-state index contributed by atoms with van der Waals surface area (Å²) in [7, 11) is 4.17. The Morgan fingerprint density at radius 1 is 0.906 bits per heavy atom. The van der Waals surface area contributed by atoms with Gasteiger partial charge >= 0.3 is 0 Å². The van der Waals surface area contributed by atoms with E-state index in [4.69, 9.17) is 0 Å². The molecule has 0 atom stereocenters. The molecule has 0 aliphatic carbocycles. The molecule has 2 rings (SSSR count). The van der Waals surface area contributed by atoms with E-state index in [1.165, 1.54) is 25.7 Å². The average molecular weight is 436 g/mol. The second-order valence-corrected chi connectivity index (χ2v) is 8.61. The summed E-state index contributed by atoms with van der Waals surface area (Å²) < 4.78 is 0. The molecule has 4 nitrogen and oxygen atoms in total. The minimum absolute atomic E-state index is 0.0418. The first-order chi connectivity index (χ1) is 15.5. The molecule has 0 fully saturated rings. The maximum absolute atomic E-state index is 12.9. The third-order valence-corrected chi connectivity index (χ3v) is 5.53. The minimum atomic E-state index is 0.0418. The van der Waals surface area contributed by atoms with Gasteiger partial charge in [-0.1, -0.05) is 57.0 Å². The molecule has 32 heavy (non-hydrogen) atoms. The van der Waals surface area contributed by atoms with E-state index >= 15 is 0 Å². The van der Waals surface area contributed by atoms with Crippen LogP contribution >= 0.6 is 0 Å². The van der Waals surface area contributed by atoms with E-state index < -0.39 is 0 Å². The van der Waals surface area contributed by atoms with Crippen molar-refractivity contribution >= 4 is 23.2 Å². The van der Waals surface area contributed by atoms with Gasteiger partial charge in [0.1, 0.15) is 0 Å². The highest BCUT2D eigenvalue weighted by atomic mass is 16.1. The maximum Gasteiger partial charge on any atom is 0.185 e. The van der Waals surface area contributed by atoms with Crippen LogP contribution in [0.5, 0.6) is 0 Å². The summed E-state index contributed by atoms with van der Waals surface area (Å²) in [5.41, 5.74) is 3.99. The molecule has 0 spiro atoms. The van der Waals surface area contributed by atoms with E-state index in [-0.39, 0.29) is 5.78 Å². The van der Waals surface area contributed by atoms with E-state index in [0.717, 1.165) is 55.1 Å². The molecule has 2 aromatic carbocycles. The minimum Gasteiger partial charge on any atom is -0.385 e. The van der Waals surface area contributed by atoms with Crippen molar-refractivity contribution in [2.24, 2.45) is 0 Å². The number of carbonyl (C=O) groups is 1. The van der Waals surface area contributed by atoms with Crippen molar-refractivity contribution < 1.29 is 4.79 Å². The van der Waals surface area contributed by atoms with Gasteiger partial charge in [0.25, 0.3) is 0 Å². The van der Waals surface area contributed by atoms with Gasteiger partial charge in [0.05, 0.1) is 0 Å². The fraction of sp³-hybridized carbons (Fsp3) is 0.464. The van der Waals surface area contributed by atoms with Crippen molar-refractivity contribution in [2.45, 2.75) is 46.0 Å². The number of nitrogens with one attached hydrogen (secondary N) is 1. The normalized spacial score (nSPS) is 11.3. The summed E-state index contributed by atoms with van der Waals surface area (Å²) in [5.74, 6) is 0.0418. The zero-order chi connectivity index (χ0) is 23.2. The monoisotopic (exact) mass is 435 g/mol. The first-order valence-electron chi connectivity index (χ1n) is 12.1. The molecule has 0 unspecified atom stereocenters. The zero-order valence-corrected chi connectivity index (χ0v) is 20.4. The zero-order valence-electron chi connectivity index (χ0n) is 20.4. The number of unbranched alkanes of at least 4 members (excludes halogenated alkanes) is 2. The fourth-order valence-electron chi connectivity index (χ4n) is 3.61. The van der Waals surface area contributed by atoms with Gasteiger partial charge in [-0.05, 0) is 75.8 Å². The van der Waals surface area contributed by atoms with Crippen LogP contribution in [0, 0.1) is 0 Å². The number of hydrogen-bond donors (Lipinski definition) is 1. The predicted octanol–water partition coefficient (Wildman–Crippen LogP) is 6.35. The Labute approximate surface area is 195 Å². The number of benzene rings is 2. The van der Waals surface area contributed by atoms with Gasteiger partial charge in [0.15, 0.2) is 5.78 Å². The highest BCUT2D eigenvalue weighted by Crippen LogP contribution is 2.20. The van der Waals surface area contributed by atoms with E-state index in [2.05, 4.69) is 55.2 Å². The molecule has 2 aromatic rings. The summed E-state index contributed by atoms with van der Waals surface area (Å²) in [6, 6.07) is 16.2. The van der Waals surface area contributed by atoms with Gasteiger partial charge in [-0.25, -0.2) is 0 Å². The van der Waals surface area contributed by atoms with Crippen molar-refractivity contribution in [3.63, 3.8) is 0 Å². The molecule has 0 amide bonds. The van der Waals surface area contributed by atoms with E-state index in [1.807, 2.05) is 42.5 Å². The van der Waals surface area contributed by atoms with Crippen molar-refractivity contribution in [3.05, 3.63) is 65.7 Å². The molecule has 1 N–H and O–H groups in total. The molecule has 174 valence electrons. The number of ketones is 1. The first kappa shape index (κ1) is 25.7. The molecule has 0 saturated heterocycles. The van der Waals surface area contributed by atoms with Crippen molar-refractivity contribution in [2.75, 3.05) is 50.5 Å². The summed E-state index contributed by atoms with van der Waals surface area (Å²) >= 11 is 0. The standard InChI is InChI=1S/C28H41N3O/c1-5-7-21-31(22-8-6-2)26-15-11-14-25(23-26)28(32)18-17-24-13-9-10-16-27(24)29-19-12-20-30(3)4/h9-11,13-18,23,29H,5-8,12,19-22H2,1-4H3/b18-17+. The van der Waals surface area contributed by atoms with Gasteiger partial charge in [0, 0.05) is 36.6 Å². The highest BCUT2D eigenvalue weighted by Gasteiger charge is 2.09. The highest BCUT2D eigenvalue weighted by molar-refractivity contribution is 6.07. The van der Waals surface area contributed by atoms with Crippen molar-refractivity contribution in [1.82, 2.24) is 4.90 Å². The number of anilines is 2.